The fraction of sp³-hybridized carbons (Fsp3) is 0.375. The number of carbonyl (C=O) groups excluding carboxylic acids is 2. The van der Waals surface area contributed by atoms with E-state index in [1.54, 1.807) is 0 Å². The number of methoxy groups -OCH3 is 1. The average molecular weight is 657 g/mol. The quantitative estimate of drug-likeness (QED) is 0.136. The van der Waals surface area contributed by atoms with Gasteiger partial charge in [-0.15, -0.1) is 0 Å². The summed E-state index contributed by atoms with van der Waals surface area (Å²) >= 11 is 0. The molecule has 1 saturated carbocycles. The molecule has 252 valence electrons. The van der Waals surface area contributed by atoms with Crippen LogP contribution in [-0.2, 0) is 9.53 Å². The van der Waals surface area contributed by atoms with Crippen LogP contribution in [0.3, 0.4) is 0 Å². The highest BCUT2D eigenvalue weighted by molar-refractivity contribution is 5.91. The number of benzene rings is 3. The lowest BCUT2D eigenvalue weighted by atomic mass is 9.98. The van der Waals surface area contributed by atoms with E-state index in [1.165, 1.54) is 53.3 Å². The van der Waals surface area contributed by atoms with E-state index in [9.17, 15) is 9.59 Å². The zero-order chi connectivity index (χ0) is 33.7. The molecule has 3 aromatic carbocycles. The van der Waals surface area contributed by atoms with Gasteiger partial charge in [-0.2, -0.15) is 0 Å². The van der Waals surface area contributed by atoms with Gasteiger partial charge in [-0.05, 0) is 101 Å². The number of likely N-dealkylation sites (tertiary alicyclic amines) is 1. The standard InChI is InChI=1S/C40H44N6O3/c1-24(2)36(45-39(48)49-3)38(47)46-23-40(14-15-40)20-35(46)37-43-22-34(44-37)30-13-12-28-17-27(10-11-29(28)18-30)25-6-8-26(9-7-25)31-19-33(42-21-31)32-5-4-16-41-32/h6-13,17-19,21-22,24,32,35-36,41-42H,4-5,14-16,20,23H2,1-3H3,(H,43,44)(H,45,48). The first-order chi connectivity index (χ1) is 23.8. The van der Waals surface area contributed by atoms with Crippen molar-refractivity contribution in [3.8, 4) is 33.5 Å². The summed E-state index contributed by atoms with van der Waals surface area (Å²) in [4.78, 5) is 39.6. The van der Waals surface area contributed by atoms with Gasteiger partial charge in [-0.25, -0.2) is 9.78 Å². The van der Waals surface area contributed by atoms with Crippen LogP contribution in [0, 0.1) is 11.3 Å². The normalized spacial score (nSPS) is 20.3. The smallest absolute Gasteiger partial charge is 0.407 e. The minimum absolute atomic E-state index is 0.0790. The fourth-order valence-corrected chi connectivity index (χ4v) is 7.78. The molecule has 3 aliphatic rings. The van der Waals surface area contributed by atoms with Gasteiger partial charge in [0.05, 0.1) is 25.0 Å². The van der Waals surface area contributed by atoms with Crippen molar-refractivity contribution in [2.45, 2.75) is 64.1 Å². The Labute approximate surface area is 286 Å². The molecule has 1 spiro atoms. The zero-order valence-electron chi connectivity index (χ0n) is 28.4. The van der Waals surface area contributed by atoms with Crippen molar-refractivity contribution in [3.63, 3.8) is 0 Å². The second kappa shape index (κ2) is 12.5. The number of H-pyrrole nitrogens is 2. The number of nitrogens with zero attached hydrogens (tertiary/aromatic N) is 2. The number of hydrogen-bond acceptors (Lipinski definition) is 5. The summed E-state index contributed by atoms with van der Waals surface area (Å²) in [5.41, 5.74) is 8.19. The van der Waals surface area contributed by atoms with Crippen molar-refractivity contribution in [2.24, 2.45) is 11.3 Å². The average Bonchev–Trinajstić information content (AvgIpc) is 3.69. The van der Waals surface area contributed by atoms with Crippen molar-refractivity contribution in [1.29, 1.82) is 0 Å². The molecule has 2 aromatic heterocycles. The summed E-state index contributed by atoms with van der Waals surface area (Å²) < 4.78 is 4.81. The van der Waals surface area contributed by atoms with Crippen LogP contribution >= 0.6 is 0 Å². The number of imidazole rings is 1. The molecule has 3 atom stereocenters. The number of ether oxygens (including phenoxy) is 1. The zero-order valence-corrected chi connectivity index (χ0v) is 28.4. The molecule has 2 saturated heterocycles. The molecule has 2 aliphatic heterocycles. The van der Waals surface area contributed by atoms with Gasteiger partial charge in [0.25, 0.3) is 0 Å². The summed E-state index contributed by atoms with van der Waals surface area (Å²) in [5, 5.41) is 8.65. The lowest BCUT2D eigenvalue weighted by Gasteiger charge is -2.30. The summed E-state index contributed by atoms with van der Waals surface area (Å²) in [7, 11) is 1.32. The van der Waals surface area contributed by atoms with E-state index >= 15 is 0 Å². The van der Waals surface area contributed by atoms with Crippen molar-refractivity contribution >= 4 is 22.8 Å². The largest absolute Gasteiger partial charge is 0.453 e. The van der Waals surface area contributed by atoms with E-state index in [1.807, 2.05) is 24.9 Å². The van der Waals surface area contributed by atoms with Crippen molar-refractivity contribution in [2.75, 3.05) is 20.2 Å². The van der Waals surface area contributed by atoms with Gasteiger partial charge in [-0.3, -0.25) is 4.79 Å². The van der Waals surface area contributed by atoms with Crippen molar-refractivity contribution in [3.05, 3.63) is 90.6 Å². The number of aromatic nitrogens is 3. The van der Waals surface area contributed by atoms with Crippen LogP contribution < -0.4 is 10.6 Å². The molecular formula is C40H44N6O3. The maximum absolute atomic E-state index is 13.8. The third kappa shape index (κ3) is 6.12. The van der Waals surface area contributed by atoms with E-state index in [0.717, 1.165) is 48.3 Å². The first-order valence-corrected chi connectivity index (χ1v) is 17.6. The predicted octanol–water partition coefficient (Wildman–Crippen LogP) is 7.75. The van der Waals surface area contributed by atoms with E-state index in [2.05, 4.69) is 93.5 Å². The van der Waals surface area contributed by atoms with Gasteiger partial charge in [0, 0.05) is 30.0 Å². The number of amides is 2. The van der Waals surface area contributed by atoms with Crippen LogP contribution in [0.15, 0.2) is 79.1 Å². The van der Waals surface area contributed by atoms with Crippen LogP contribution in [0.4, 0.5) is 4.79 Å². The maximum Gasteiger partial charge on any atom is 0.407 e. The Kier molecular flexibility index (Phi) is 8.02. The molecule has 2 amide bonds. The van der Waals surface area contributed by atoms with Crippen LogP contribution in [0.2, 0.25) is 0 Å². The molecule has 49 heavy (non-hydrogen) atoms. The number of alkyl carbamates (subject to hydrolysis) is 1. The topological polar surface area (TPSA) is 115 Å². The Bertz CT molecular complexity index is 2000. The lowest BCUT2D eigenvalue weighted by molar-refractivity contribution is -0.135. The second-order valence-corrected chi connectivity index (χ2v) is 14.6. The van der Waals surface area contributed by atoms with Crippen molar-refractivity contribution < 1.29 is 14.3 Å². The van der Waals surface area contributed by atoms with E-state index in [4.69, 9.17) is 9.72 Å². The third-order valence-electron chi connectivity index (χ3n) is 10.9. The minimum atomic E-state index is -0.659. The van der Waals surface area contributed by atoms with Crippen LogP contribution in [0.25, 0.3) is 44.3 Å². The van der Waals surface area contributed by atoms with E-state index < -0.39 is 12.1 Å². The van der Waals surface area contributed by atoms with Gasteiger partial charge in [0.2, 0.25) is 5.91 Å². The lowest BCUT2D eigenvalue weighted by Crippen LogP contribution is -2.51. The number of rotatable bonds is 8. The highest BCUT2D eigenvalue weighted by atomic mass is 16.5. The molecular weight excluding hydrogens is 612 g/mol. The number of fused-ring (bicyclic) bond motifs is 1. The third-order valence-corrected chi connectivity index (χ3v) is 10.9. The summed E-state index contributed by atoms with van der Waals surface area (Å²) in [5.74, 6) is 0.626. The van der Waals surface area contributed by atoms with Crippen LogP contribution in [0.5, 0.6) is 0 Å². The first kappa shape index (κ1) is 31.4. The molecule has 3 unspecified atom stereocenters. The fourth-order valence-electron chi connectivity index (χ4n) is 7.78. The van der Waals surface area contributed by atoms with E-state index in [-0.39, 0.29) is 23.3 Å². The second-order valence-electron chi connectivity index (χ2n) is 14.6. The van der Waals surface area contributed by atoms with Gasteiger partial charge < -0.3 is 30.2 Å². The van der Waals surface area contributed by atoms with Crippen LogP contribution in [0.1, 0.15) is 69.6 Å². The molecule has 9 nitrogen and oxygen atoms in total. The monoisotopic (exact) mass is 656 g/mol. The molecule has 8 rings (SSSR count). The first-order valence-electron chi connectivity index (χ1n) is 17.6. The van der Waals surface area contributed by atoms with Gasteiger partial charge in [0.15, 0.2) is 0 Å². The highest BCUT2D eigenvalue weighted by Gasteiger charge is 2.55. The van der Waals surface area contributed by atoms with Crippen molar-refractivity contribution in [1.82, 2.24) is 30.5 Å². The molecule has 4 N–H and O–H groups in total. The molecule has 9 heteroatoms. The van der Waals surface area contributed by atoms with E-state index in [0.29, 0.717) is 12.6 Å². The highest BCUT2D eigenvalue weighted by Crippen LogP contribution is 2.58. The Morgan fingerprint density at radius 2 is 1.63 bits per heavy atom. The number of nitrogens with one attached hydrogen (secondary N) is 4. The molecule has 4 heterocycles. The Morgan fingerprint density at radius 3 is 2.31 bits per heavy atom. The molecule has 3 fully saturated rings. The molecule has 0 radical (unpaired) electrons. The van der Waals surface area contributed by atoms with Gasteiger partial charge in [-0.1, -0.05) is 62.4 Å². The number of aromatic amines is 2. The van der Waals surface area contributed by atoms with Crippen LogP contribution in [-0.4, -0.2) is 58.1 Å². The van der Waals surface area contributed by atoms with Gasteiger partial charge in [0.1, 0.15) is 11.9 Å². The Morgan fingerprint density at radius 1 is 0.939 bits per heavy atom. The maximum atomic E-state index is 13.8. The van der Waals surface area contributed by atoms with Gasteiger partial charge >= 0.3 is 6.09 Å². The Balaban J connectivity index is 0.993. The Hall–Kier alpha value is -4.89. The number of hydrogen-bond donors (Lipinski definition) is 4. The SMILES string of the molecule is COC(=O)NC(C(=O)N1CC2(CC2)CC1c1ncc(-c2ccc3cc(-c4ccc(-c5c[nH]c(C6CCCN6)c5)cc4)ccc3c2)[nH]1)C(C)C. The molecule has 1 aliphatic carbocycles. The summed E-state index contributed by atoms with van der Waals surface area (Å²) in [6.07, 6.45) is 8.90. The predicted molar refractivity (Wildman–Crippen MR) is 192 cm³/mol. The summed E-state index contributed by atoms with van der Waals surface area (Å²) in [6, 6.07) is 23.8. The summed E-state index contributed by atoms with van der Waals surface area (Å²) in [6.45, 7) is 5.65. The minimum Gasteiger partial charge on any atom is -0.453 e. The number of carbonyl (C=O) groups is 2. The molecule has 0 bridgehead atoms. The molecule has 5 aromatic rings.